The number of phenolic OH excluding ortho intramolecular Hbond substituents is 1. The number of hydrogen-bond acceptors (Lipinski definition) is 4. The summed E-state index contributed by atoms with van der Waals surface area (Å²) in [5, 5.41) is 10.1. The predicted molar refractivity (Wildman–Crippen MR) is 64.5 cm³/mol. The molecule has 0 fully saturated rings. The molecule has 2 heterocycles. The highest BCUT2D eigenvalue weighted by atomic mass is 32.1. The maximum absolute atomic E-state index is 9.21. The summed E-state index contributed by atoms with van der Waals surface area (Å²) in [6.45, 7) is 0. The highest BCUT2D eigenvalue weighted by molar-refractivity contribution is 7.21. The third kappa shape index (κ3) is 1.53. The molecule has 0 bridgehead atoms. The number of nitrogens with zero attached hydrogens (tertiary/aromatic N) is 2. The van der Waals surface area contributed by atoms with Crippen LogP contribution < -0.4 is 0 Å². The number of rotatable bonds is 1. The van der Waals surface area contributed by atoms with Crippen molar-refractivity contribution in [2.75, 3.05) is 0 Å². The summed E-state index contributed by atoms with van der Waals surface area (Å²) in [7, 11) is 0. The van der Waals surface area contributed by atoms with Crippen molar-refractivity contribution in [3.8, 4) is 16.3 Å². The van der Waals surface area contributed by atoms with E-state index in [1.807, 2.05) is 24.3 Å². The lowest BCUT2D eigenvalue weighted by atomic mass is 10.2. The van der Waals surface area contributed by atoms with Crippen LogP contribution in [0.5, 0.6) is 5.75 Å². The molecule has 1 N–H and O–H groups in total. The van der Waals surface area contributed by atoms with Crippen LogP contribution in [-0.2, 0) is 0 Å². The lowest BCUT2D eigenvalue weighted by Crippen LogP contribution is -1.74. The zero-order valence-electron chi connectivity index (χ0n) is 8.29. The van der Waals surface area contributed by atoms with Crippen LogP contribution in [0, 0.1) is 0 Å². The third-order valence-electron chi connectivity index (χ3n) is 2.28. The Hall–Kier alpha value is -1.94. The van der Waals surface area contributed by atoms with E-state index in [2.05, 4.69) is 9.97 Å². The van der Waals surface area contributed by atoms with E-state index in [0.717, 1.165) is 20.9 Å². The van der Waals surface area contributed by atoms with Gasteiger partial charge in [-0.3, -0.25) is 0 Å². The number of thiazole rings is 1. The van der Waals surface area contributed by atoms with Gasteiger partial charge in [-0.25, -0.2) is 9.97 Å². The van der Waals surface area contributed by atoms with Crippen LogP contribution in [-0.4, -0.2) is 15.1 Å². The summed E-state index contributed by atoms with van der Waals surface area (Å²) in [4.78, 5) is 9.67. The molecule has 0 unspecified atom stereocenters. The van der Waals surface area contributed by atoms with Gasteiger partial charge in [0, 0.05) is 11.8 Å². The maximum Gasteiger partial charge on any atom is 0.143 e. The van der Waals surface area contributed by atoms with Crippen molar-refractivity contribution in [1.29, 1.82) is 0 Å². The number of pyridine rings is 1. The summed E-state index contributed by atoms with van der Waals surface area (Å²) < 4.78 is 0. The molecule has 78 valence electrons. The van der Waals surface area contributed by atoms with Gasteiger partial charge in [0.05, 0.1) is 0 Å². The Kier molecular flexibility index (Phi) is 2.08. The second-order valence-electron chi connectivity index (χ2n) is 3.39. The van der Waals surface area contributed by atoms with Gasteiger partial charge in [0.25, 0.3) is 0 Å². The highest BCUT2D eigenvalue weighted by Crippen LogP contribution is 2.29. The number of phenols is 1. The average Bonchev–Trinajstić information content (AvgIpc) is 2.73. The monoisotopic (exact) mass is 228 g/mol. The molecule has 0 saturated heterocycles. The first kappa shape index (κ1) is 9.30. The van der Waals surface area contributed by atoms with E-state index in [4.69, 9.17) is 0 Å². The van der Waals surface area contributed by atoms with E-state index in [-0.39, 0.29) is 5.75 Å². The molecule has 3 nitrogen and oxygen atoms in total. The fraction of sp³-hybridized carbons (Fsp3) is 0. The van der Waals surface area contributed by atoms with Gasteiger partial charge in [-0.2, -0.15) is 0 Å². The minimum atomic E-state index is 0.267. The molecule has 0 amide bonds. The molecule has 0 spiro atoms. The number of aromatic nitrogens is 2. The second kappa shape index (κ2) is 3.57. The molecule has 0 aliphatic rings. The third-order valence-corrected chi connectivity index (χ3v) is 3.31. The first-order chi connectivity index (χ1) is 7.83. The topological polar surface area (TPSA) is 46.0 Å². The number of benzene rings is 1. The predicted octanol–water partition coefficient (Wildman–Crippen LogP) is 3.06. The maximum atomic E-state index is 9.21. The van der Waals surface area contributed by atoms with Gasteiger partial charge in [0.2, 0.25) is 0 Å². The number of hydrogen-bond donors (Lipinski definition) is 1. The smallest absolute Gasteiger partial charge is 0.143 e. The zero-order chi connectivity index (χ0) is 11.0. The van der Waals surface area contributed by atoms with Crippen molar-refractivity contribution >= 4 is 21.7 Å². The number of aromatic hydroxyl groups is 1. The molecule has 0 atom stereocenters. The van der Waals surface area contributed by atoms with Crippen molar-refractivity contribution in [3.05, 3.63) is 42.6 Å². The van der Waals surface area contributed by atoms with E-state index in [1.54, 1.807) is 29.7 Å². The molecule has 0 aliphatic carbocycles. The zero-order valence-corrected chi connectivity index (χ0v) is 9.11. The van der Waals surface area contributed by atoms with E-state index < -0.39 is 0 Å². The van der Waals surface area contributed by atoms with Crippen LogP contribution in [0.4, 0.5) is 0 Å². The number of fused-ring (bicyclic) bond motifs is 1. The van der Waals surface area contributed by atoms with Crippen LogP contribution in [0.25, 0.3) is 20.9 Å². The summed E-state index contributed by atoms with van der Waals surface area (Å²) in [6, 6.07) is 10.9. The first-order valence-electron chi connectivity index (χ1n) is 4.84. The molecule has 0 saturated carbocycles. The van der Waals surface area contributed by atoms with Gasteiger partial charge in [-0.15, -0.1) is 0 Å². The van der Waals surface area contributed by atoms with E-state index >= 15 is 0 Å². The van der Waals surface area contributed by atoms with Gasteiger partial charge in [0.1, 0.15) is 21.1 Å². The summed E-state index contributed by atoms with van der Waals surface area (Å²) in [5.41, 5.74) is 1.91. The quantitative estimate of drug-likeness (QED) is 0.696. The van der Waals surface area contributed by atoms with E-state index in [1.165, 1.54) is 0 Å². The molecule has 3 aromatic rings. The fourth-order valence-electron chi connectivity index (χ4n) is 1.50. The largest absolute Gasteiger partial charge is 0.508 e. The van der Waals surface area contributed by atoms with Gasteiger partial charge in [-0.1, -0.05) is 11.3 Å². The Labute approximate surface area is 96.0 Å². The first-order valence-corrected chi connectivity index (χ1v) is 5.65. The Bertz CT molecular complexity index is 598. The molecule has 1 aromatic carbocycles. The minimum Gasteiger partial charge on any atom is -0.508 e. The van der Waals surface area contributed by atoms with Crippen molar-refractivity contribution in [2.24, 2.45) is 0 Å². The van der Waals surface area contributed by atoms with Crippen molar-refractivity contribution in [3.63, 3.8) is 0 Å². The van der Waals surface area contributed by atoms with E-state index in [0.29, 0.717) is 0 Å². The lowest BCUT2D eigenvalue weighted by molar-refractivity contribution is 0.475. The Morgan fingerprint density at radius 2 is 1.88 bits per heavy atom. The van der Waals surface area contributed by atoms with Gasteiger partial charge < -0.3 is 5.11 Å². The molecule has 0 aliphatic heterocycles. The minimum absolute atomic E-state index is 0.267. The Morgan fingerprint density at radius 1 is 1.06 bits per heavy atom. The van der Waals surface area contributed by atoms with Crippen molar-refractivity contribution in [2.45, 2.75) is 0 Å². The molecule has 16 heavy (non-hydrogen) atoms. The SMILES string of the molecule is Oc1ccc(-c2nc3cccnc3s2)cc1. The molecule has 4 heteroatoms. The fourth-order valence-corrected chi connectivity index (χ4v) is 2.41. The Balaban J connectivity index is 2.15. The second-order valence-corrected chi connectivity index (χ2v) is 4.37. The van der Waals surface area contributed by atoms with Gasteiger partial charge >= 0.3 is 0 Å². The highest BCUT2D eigenvalue weighted by Gasteiger charge is 2.05. The van der Waals surface area contributed by atoms with Gasteiger partial charge in [0.15, 0.2) is 0 Å². The molecular weight excluding hydrogens is 220 g/mol. The summed E-state index contributed by atoms with van der Waals surface area (Å²) in [6.07, 6.45) is 1.76. The average molecular weight is 228 g/mol. The summed E-state index contributed by atoms with van der Waals surface area (Å²) in [5.74, 6) is 0.267. The van der Waals surface area contributed by atoms with E-state index in [9.17, 15) is 5.11 Å². The van der Waals surface area contributed by atoms with Crippen LogP contribution >= 0.6 is 11.3 Å². The molecular formula is C12H8N2OS. The van der Waals surface area contributed by atoms with Crippen molar-refractivity contribution in [1.82, 2.24) is 9.97 Å². The van der Waals surface area contributed by atoms with Gasteiger partial charge in [-0.05, 0) is 36.4 Å². The standard InChI is InChI=1S/C12H8N2OS/c15-9-5-3-8(4-6-9)11-14-10-2-1-7-13-12(10)16-11/h1-7,15H. The molecule has 3 rings (SSSR count). The molecule has 2 aromatic heterocycles. The van der Waals surface area contributed by atoms with Crippen LogP contribution in [0.3, 0.4) is 0 Å². The normalized spacial score (nSPS) is 10.8. The van der Waals surface area contributed by atoms with Crippen LogP contribution in [0.2, 0.25) is 0 Å². The lowest BCUT2D eigenvalue weighted by Gasteiger charge is -1.94. The molecule has 0 radical (unpaired) electrons. The summed E-state index contributed by atoms with van der Waals surface area (Å²) >= 11 is 1.55. The van der Waals surface area contributed by atoms with Crippen molar-refractivity contribution < 1.29 is 5.11 Å². The van der Waals surface area contributed by atoms with Crippen LogP contribution in [0.15, 0.2) is 42.6 Å². The van der Waals surface area contributed by atoms with Crippen LogP contribution in [0.1, 0.15) is 0 Å². The Morgan fingerprint density at radius 3 is 2.62 bits per heavy atom.